The maximum Gasteiger partial charge on any atom is 0.251 e. The molecule has 1 aromatic rings. The fourth-order valence-corrected chi connectivity index (χ4v) is 1.93. The summed E-state index contributed by atoms with van der Waals surface area (Å²) in [6.07, 6.45) is 1.02. The molecule has 4 heteroatoms. The lowest BCUT2D eigenvalue weighted by molar-refractivity contribution is 0.0940. The summed E-state index contributed by atoms with van der Waals surface area (Å²) < 4.78 is 0. The van der Waals surface area contributed by atoms with Crippen LogP contribution in [0.5, 0.6) is 0 Å². The van der Waals surface area contributed by atoms with Crippen LogP contribution in [-0.2, 0) is 0 Å². The van der Waals surface area contributed by atoms with E-state index in [2.05, 4.69) is 17.6 Å². The molecule has 1 aliphatic rings. The van der Waals surface area contributed by atoms with E-state index >= 15 is 0 Å². The van der Waals surface area contributed by atoms with Crippen LogP contribution in [0.2, 0.25) is 0 Å². The van der Waals surface area contributed by atoms with Gasteiger partial charge in [0, 0.05) is 18.2 Å². The first-order chi connectivity index (χ1) is 7.66. The molecule has 3 nitrogen and oxygen atoms in total. The second-order valence-corrected chi connectivity index (χ2v) is 4.46. The van der Waals surface area contributed by atoms with Gasteiger partial charge in [-0.25, -0.2) is 0 Å². The maximum absolute atomic E-state index is 11.9. The van der Waals surface area contributed by atoms with Crippen molar-refractivity contribution in [1.29, 1.82) is 0 Å². The maximum atomic E-state index is 11.9. The molecule has 0 radical (unpaired) electrons. The Bertz CT molecular complexity index is 400. The summed E-state index contributed by atoms with van der Waals surface area (Å²) in [5.41, 5.74) is 3.14. The molecule has 1 aliphatic heterocycles. The van der Waals surface area contributed by atoms with Crippen molar-refractivity contribution in [2.75, 3.05) is 13.1 Å². The summed E-state index contributed by atoms with van der Waals surface area (Å²) >= 11 is 0. The van der Waals surface area contributed by atoms with Crippen LogP contribution in [0.25, 0.3) is 0 Å². The van der Waals surface area contributed by atoms with Gasteiger partial charge in [0.05, 0.1) is 0 Å². The minimum absolute atomic E-state index is 0. The van der Waals surface area contributed by atoms with Gasteiger partial charge in [-0.2, -0.15) is 0 Å². The molecule has 1 heterocycles. The Labute approximate surface area is 108 Å². The third kappa shape index (κ3) is 3.45. The largest absolute Gasteiger partial charge is 0.348 e. The smallest absolute Gasteiger partial charge is 0.251 e. The Morgan fingerprint density at radius 3 is 2.71 bits per heavy atom. The Hall–Kier alpha value is -1.06. The zero-order valence-corrected chi connectivity index (χ0v) is 11.1. The number of nitrogens with one attached hydrogen (secondary N) is 2. The van der Waals surface area contributed by atoms with Crippen LogP contribution in [0.15, 0.2) is 18.2 Å². The van der Waals surface area contributed by atoms with Crippen LogP contribution >= 0.6 is 12.4 Å². The highest BCUT2D eigenvalue weighted by Gasteiger charge is 2.17. The van der Waals surface area contributed by atoms with Crippen molar-refractivity contribution in [3.05, 3.63) is 34.9 Å². The number of rotatable bonds is 2. The molecule has 1 amide bonds. The zero-order chi connectivity index (χ0) is 11.5. The monoisotopic (exact) mass is 254 g/mol. The molecule has 0 aliphatic carbocycles. The van der Waals surface area contributed by atoms with Gasteiger partial charge in [-0.3, -0.25) is 4.79 Å². The van der Waals surface area contributed by atoms with Gasteiger partial charge in [0.1, 0.15) is 0 Å². The number of benzene rings is 1. The highest BCUT2D eigenvalue weighted by Crippen LogP contribution is 2.10. The SMILES string of the molecule is Cc1ccc(C(=O)NC2CCNC2)cc1C.Cl. The quantitative estimate of drug-likeness (QED) is 0.845. The van der Waals surface area contributed by atoms with Crippen molar-refractivity contribution in [2.24, 2.45) is 0 Å². The van der Waals surface area contributed by atoms with E-state index in [9.17, 15) is 4.79 Å². The highest BCUT2D eigenvalue weighted by atomic mass is 35.5. The van der Waals surface area contributed by atoms with E-state index < -0.39 is 0 Å². The topological polar surface area (TPSA) is 41.1 Å². The van der Waals surface area contributed by atoms with Gasteiger partial charge in [0.25, 0.3) is 5.91 Å². The zero-order valence-electron chi connectivity index (χ0n) is 10.2. The third-order valence-electron chi connectivity index (χ3n) is 3.16. The molecule has 0 aromatic heterocycles. The van der Waals surface area contributed by atoms with Gasteiger partial charge in [0.15, 0.2) is 0 Å². The van der Waals surface area contributed by atoms with Crippen LogP contribution in [-0.4, -0.2) is 25.0 Å². The first-order valence-corrected chi connectivity index (χ1v) is 5.75. The first kappa shape index (κ1) is 14.0. The molecule has 2 rings (SSSR count). The molecule has 1 unspecified atom stereocenters. The van der Waals surface area contributed by atoms with Gasteiger partial charge in [-0.05, 0) is 50.1 Å². The minimum Gasteiger partial charge on any atom is -0.348 e. The summed E-state index contributed by atoms with van der Waals surface area (Å²) in [5.74, 6) is 0.0387. The van der Waals surface area contributed by atoms with Crippen LogP contribution < -0.4 is 10.6 Å². The van der Waals surface area contributed by atoms with E-state index in [0.717, 1.165) is 30.6 Å². The van der Waals surface area contributed by atoms with E-state index in [4.69, 9.17) is 0 Å². The standard InChI is InChI=1S/C13H18N2O.ClH/c1-9-3-4-11(7-10(9)2)13(16)15-12-5-6-14-8-12;/h3-4,7,12,14H,5-6,8H2,1-2H3,(H,15,16);1H. The lowest BCUT2D eigenvalue weighted by atomic mass is 10.1. The third-order valence-corrected chi connectivity index (χ3v) is 3.16. The number of hydrogen-bond acceptors (Lipinski definition) is 2. The second kappa shape index (κ2) is 6.03. The predicted molar refractivity (Wildman–Crippen MR) is 71.9 cm³/mol. The number of halogens is 1. The molecule has 94 valence electrons. The van der Waals surface area contributed by atoms with E-state index in [0.29, 0.717) is 0 Å². The molecule has 0 bridgehead atoms. The lowest BCUT2D eigenvalue weighted by Gasteiger charge is -2.12. The summed E-state index contributed by atoms with van der Waals surface area (Å²) in [5, 5.41) is 6.28. The van der Waals surface area contributed by atoms with Gasteiger partial charge >= 0.3 is 0 Å². The van der Waals surface area contributed by atoms with E-state index in [1.54, 1.807) is 0 Å². The van der Waals surface area contributed by atoms with Crippen molar-refractivity contribution in [1.82, 2.24) is 10.6 Å². The number of hydrogen-bond donors (Lipinski definition) is 2. The molecule has 1 aromatic carbocycles. The Kier molecular flexibility index (Phi) is 4.97. The molecule has 1 fully saturated rings. The molecular weight excluding hydrogens is 236 g/mol. The second-order valence-electron chi connectivity index (χ2n) is 4.46. The van der Waals surface area contributed by atoms with Crippen molar-refractivity contribution < 1.29 is 4.79 Å². The molecule has 1 atom stereocenters. The lowest BCUT2D eigenvalue weighted by Crippen LogP contribution is -2.36. The molecule has 17 heavy (non-hydrogen) atoms. The Balaban J connectivity index is 0.00000144. The summed E-state index contributed by atoms with van der Waals surface area (Å²) in [6, 6.07) is 6.12. The summed E-state index contributed by atoms with van der Waals surface area (Å²) in [6.45, 7) is 5.97. The number of aryl methyl sites for hydroxylation is 2. The first-order valence-electron chi connectivity index (χ1n) is 5.75. The molecular formula is C13H19ClN2O. The average molecular weight is 255 g/mol. The normalized spacial score (nSPS) is 18.6. The van der Waals surface area contributed by atoms with E-state index in [-0.39, 0.29) is 24.4 Å². The molecule has 1 saturated heterocycles. The van der Waals surface area contributed by atoms with E-state index in [1.165, 1.54) is 5.56 Å². The van der Waals surface area contributed by atoms with Crippen LogP contribution in [0.4, 0.5) is 0 Å². The van der Waals surface area contributed by atoms with Gasteiger partial charge < -0.3 is 10.6 Å². The molecule has 0 saturated carbocycles. The van der Waals surface area contributed by atoms with Crippen LogP contribution in [0.3, 0.4) is 0 Å². The Morgan fingerprint density at radius 2 is 2.12 bits per heavy atom. The van der Waals surface area contributed by atoms with Crippen molar-refractivity contribution >= 4 is 18.3 Å². The number of carbonyl (C=O) groups is 1. The fraction of sp³-hybridized carbons (Fsp3) is 0.462. The molecule has 2 N–H and O–H groups in total. The van der Waals surface area contributed by atoms with Crippen molar-refractivity contribution in [3.8, 4) is 0 Å². The van der Waals surface area contributed by atoms with Gasteiger partial charge in [-0.15, -0.1) is 12.4 Å². The predicted octanol–water partition coefficient (Wildman–Crippen LogP) is 1.82. The Morgan fingerprint density at radius 1 is 1.35 bits per heavy atom. The average Bonchev–Trinajstić information content (AvgIpc) is 2.74. The van der Waals surface area contributed by atoms with E-state index in [1.807, 2.05) is 25.1 Å². The van der Waals surface area contributed by atoms with Crippen molar-refractivity contribution in [3.63, 3.8) is 0 Å². The fourth-order valence-electron chi connectivity index (χ4n) is 1.93. The molecule has 0 spiro atoms. The van der Waals surface area contributed by atoms with Gasteiger partial charge in [0.2, 0.25) is 0 Å². The summed E-state index contributed by atoms with van der Waals surface area (Å²) in [7, 11) is 0. The van der Waals surface area contributed by atoms with Gasteiger partial charge in [-0.1, -0.05) is 6.07 Å². The number of carbonyl (C=O) groups excluding carboxylic acids is 1. The number of amides is 1. The van der Waals surface area contributed by atoms with Crippen molar-refractivity contribution in [2.45, 2.75) is 26.3 Å². The van der Waals surface area contributed by atoms with Crippen LogP contribution in [0.1, 0.15) is 27.9 Å². The van der Waals surface area contributed by atoms with Crippen LogP contribution in [0, 0.1) is 13.8 Å². The summed E-state index contributed by atoms with van der Waals surface area (Å²) in [4.78, 5) is 11.9. The minimum atomic E-state index is 0. The highest BCUT2D eigenvalue weighted by molar-refractivity contribution is 5.94.